The number of benzene rings is 1. The van der Waals surface area contributed by atoms with E-state index in [1.54, 1.807) is 11.3 Å². The Bertz CT molecular complexity index is 621. The summed E-state index contributed by atoms with van der Waals surface area (Å²) in [5.74, 6) is 0.709. The molecule has 1 saturated heterocycles. The summed E-state index contributed by atoms with van der Waals surface area (Å²) >= 11 is 1.72. The molecule has 1 aliphatic heterocycles. The number of piperazine rings is 1. The summed E-state index contributed by atoms with van der Waals surface area (Å²) in [6.07, 6.45) is 0. The van der Waals surface area contributed by atoms with Gasteiger partial charge in [-0.1, -0.05) is 18.2 Å². The fraction of sp³-hybridized carbons (Fsp3) is 0.438. The van der Waals surface area contributed by atoms with Gasteiger partial charge in [0.15, 0.2) is 5.13 Å². The number of thiazole rings is 1. The molecule has 0 unspecified atom stereocenters. The van der Waals surface area contributed by atoms with E-state index in [0.29, 0.717) is 5.75 Å². The lowest BCUT2D eigenvalue weighted by atomic mass is 10.3. The van der Waals surface area contributed by atoms with Crippen LogP contribution in [-0.2, 0) is 10.8 Å². The largest absolute Gasteiger partial charge is 0.346 e. The van der Waals surface area contributed by atoms with Crippen LogP contribution in [0.25, 0.3) is 0 Å². The van der Waals surface area contributed by atoms with Gasteiger partial charge in [-0.15, -0.1) is 11.3 Å². The van der Waals surface area contributed by atoms with Crippen LogP contribution in [0.3, 0.4) is 0 Å². The summed E-state index contributed by atoms with van der Waals surface area (Å²) in [4.78, 5) is 10.2. The molecule has 1 atom stereocenters. The van der Waals surface area contributed by atoms with Crippen molar-refractivity contribution in [3.05, 3.63) is 41.4 Å². The molecule has 0 bridgehead atoms. The Morgan fingerprint density at radius 1 is 1.18 bits per heavy atom. The molecule has 3 rings (SSSR count). The predicted molar refractivity (Wildman–Crippen MR) is 93.2 cm³/mol. The maximum Gasteiger partial charge on any atom is 0.185 e. The number of rotatable bonds is 5. The van der Waals surface area contributed by atoms with Crippen LogP contribution in [0.4, 0.5) is 5.13 Å². The van der Waals surface area contributed by atoms with E-state index < -0.39 is 10.8 Å². The van der Waals surface area contributed by atoms with Gasteiger partial charge in [-0.05, 0) is 19.1 Å². The van der Waals surface area contributed by atoms with E-state index in [1.165, 1.54) is 0 Å². The molecule has 118 valence electrons. The van der Waals surface area contributed by atoms with Crippen LogP contribution in [0.5, 0.6) is 0 Å². The molecule has 1 aromatic carbocycles. The van der Waals surface area contributed by atoms with Gasteiger partial charge in [-0.3, -0.25) is 9.11 Å². The molecule has 0 amide bonds. The SMILES string of the molecule is Cc1csc(N2CCN(CC[S@](=O)c3ccccc3)CC2)n1. The second kappa shape index (κ2) is 7.35. The first-order valence-electron chi connectivity index (χ1n) is 7.55. The van der Waals surface area contributed by atoms with E-state index in [2.05, 4.69) is 20.2 Å². The summed E-state index contributed by atoms with van der Waals surface area (Å²) in [6.45, 7) is 6.98. The number of aryl methyl sites for hydroxylation is 1. The zero-order valence-corrected chi connectivity index (χ0v) is 14.4. The lowest BCUT2D eigenvalue weighted by Crippen LogP contribution is -2.47. The highest BCUT2D eigenvalue weighted by molar-refractivity contribution is 7.85. The molecule has 1 aromatic heterocycles. The molecule has 6 heteroatoms. The van der Waals surface area contributed by atoms with Crippen molar-refractivity contribution >= 4 is 27.3 Å². The quantitative estimate of drug-likeness (QED) is 0.841. The average Bonchev–Trinajstić information content (AvgIpc) is 3.00. The van der Waals surface area contributed by atoms with Crippen molar-refractivity contribution in [2.24, 2.45) is 0 Å². The van der Waals surface area contributed by atoms with Gasteiger partial charge in [0, 0.05) is 48.8 Å². The van der Waals surface area contributed by atoms with Crippen molar-refractivity contribution in [2.75, 3.05) is 43.4 Å². The Kier molecular flexibility index (Phi) is 5.23. The monoisotopic (exact) mass is 335 g/mol. The Labute approximate surface area is 138 Å². The van der Waals surface area contributed by atoms with Crippen molar-refractivity contribution in [2.45, 2.75) is 11.8 Å². The van der Waals surface area contributed by atoms with E-state index >= 15 is 0 Å². The van der Waals surface area contributed by atoms with Crippen LogP contribution < -0.4 is 4.90 Å². The van der Waals surface area contributed by atoms with Crippen LogP contribution in [0, 0.1) is 6.92 Å². The van der Waals surface area contributed by atoms with Crippen molar-refractivity contribution in [1.29, 1.82) is 0 Å². The molecule has 1 fully saturated rings. The van der Waals surface area contributed by atoms with Crippen LogP contribution in [0.2, 0.25) is 0 Å². The smallest absolute Gasteiger partial charge is 0.185 e. The highest BCUT2D eigenvalue weighted by atomic mass is 32.2. The first-order chi connectivity index (χ1) is 10.7. The molecule has 1 aliphatic rings. The van der Waals surface area contributed by atoms with Gasteiger partial charge in [-0.2, -0.15) is 0 Å². The van der Waals surface area contributed by atoms with E-state index in [4.69, 9.17) is 0 Å². The number of anilines is 1. The maximum atomic E-state index is 12.2. The van der Waals surface area contributed by atoms with E-state index in [1.807, 2.05) is 37.3 Å². The topological polar surface area (TPSA) is 36.4 Å². The zero-order valence-electron chi connectivity index (χ0n) is 12.8. The van der Waals surface area contributed by atoms with Gasteiger partial charge >= 0.3 is 0 Å². The van der Waals surface area contributed by atoms with Crippen LogP contribution in [0.15, 0.2) is 40.6 Å². The maximum absolute atomic E-state index is 12.2. The summed E-state index contributed by atoms with van der Waals surface area (Å²) < 4.78 is 12.2. The predicted octanol–water partition coefficient (Wildman–Crippen LogP) is 2.38. The minimum absolute atomic E-state index is 0.709. The number of aromatic nitrogens is 1. The molecule has 4 nitrogen and oxygen atoms in total. The number of hydrogen-bond acceptors (Lipinski definition) is 5. The third kappa shape index (κ3) is 3.94. The van der Waals surface area contributed by atoms with Crippen molar-refractivity contribution < 1.29 is 4.21 Å². The second-order valence-electron chi connectivity index (χ2n) is 5.46. The van der Waals surface area contributed by atoms with Crippen LogP contribution in [0.1, 0.15) is 5.69 Å². The third-order valence-electron chi connectivity index (χ3n) is 3.85. The van der Waals surface area contributed by atoms with Crippen LogP contribution >= 0.6 is 11.3 Å². The van der Waals surface area contributed by atoms with Crippen molar-refractivity contribution in [3.63, 3.8) is 0 Å². The Hall–Kier alpha value is -1.24. The molecular weight excluding hydrogens is 314 g/mol. The Morgan fingerprint density at radius 2 is 1.91 bits per heavy atom. The van der Waals surface area contributed by atoms with Gasteiger partial charge in [0.25, 0.3) is 0 Å². The van der Waals surface area contributed by atoms with Crippen molar-refractivity contribution in [3.8, 4) is 0 Å². The first kappa shape index (κ1) is 15.6. The summed E-state index contributed by atoms with van der Waals surface area (Å²) in [6, 6.07) is 9.74. The zero-order chi connectivity index (χ0) is 15.4. The molecular formula is C16H21N3OS2. The molecule has 0 radical (unpaired) electrons. The fourth-order valence-electron chi connectivity index (χ4n) is 2.55. The molecule has 2 aromatic rings. The summed E-state index contributed by atoms with van der Waals surface area (Å²) in [5.41, 5.74) is 1.10. The molecule has 0 spiro atoms. The van der Waals surface area contributed by atoms with Gasteiger partial charge in [0.1, 0.15) is 0 Å². The van der Waals surface area contributed by atoms with Gasteiger partial charge in [-0.25, -0.2) is 4.98 Å². The number of nitrogens with zero attached hydrogens (tertiary/aromatic N) is 3. The van der Waals surface area contributed by atoms with Crippen LogP contribution in [-0.4, -0.2) is 52.6 Å². The highest BCUT2D eigenvalue weighted by Crippen LogP contribution is 2.21. The number of hydrogen-bond donors (Lipinski definition) is 0. The molecule has 2 heterocycles. The van der Waals surface area contributed by atoms with Gasteiger partial charge in [0.2, 0.25) is 0 Å². The standard InChI is InChI=1S/C16H21N3OS2/c1-14-13-21-16(17-14)19-9-7-18(8-10-19)11-12-22(20)15-5-3-2-4-6-15/h2-6,13H,7-12H2,1H3/t22-/m0/s1. The minimum atomic E-state index is -0.892. The first-order valence-corrected chi connectivity index (χ1v) is 9.75. The average molecular weight is 335 g/mol. The fourth-order valence-corrected chi connectivity index (χ4v) is 4.53. The Balaban J connectivity index is 1.45. The third-order valence-corrected chi connectivity index (χ3v) is 6.22. The molecule has 0 aliphatic carbocycles. The summed E-state index contributed by atoms with van der Waals surface area (Å²) in [5, 5.41) is 3.23. The minimum Gasteiger partial charge on any atom is -0.346 e. The molecule has 0 N–H and O–H groups in total. The highest BCUT2D eigenvalue weighted by Gasteiger charge is 2.19. The molecule has 0 saturated carbocycles. The second-order valence-corrected chi connectivity index (χ2v) is 7.87. The summed E-state index contributed by atoms with van der Waals surface area (Å²) in [7, 11) is -0.892. The Morgan fingerprint density at radius 3 is 2.55 bits per heavy atom. The van der Waals surface area contributed by atoms with Gasteiger partial charge < -0.3 is 4.90 Å². The van der Waals surface area contributed by atoms with Crippen molar-refractivity contribution in [1.82, 2.24) is 9.88 Å². The van der Waals surface area contributed by atoms with E-state index in [-0.39, 0.29) is 0 Å². The molecule has 22 heavy (non-hydrogen) atoms. The van der Waals surface area contributed by atoms with E-state index in [0.717, 1.165) is 48.4 Å². The van der Waals surface area contributed by atoms with Gasteiger partial charge in [0.05, 0.1) is 16.5 Å². The lowest BCUT2D eigenvalue weighted by molar-refractivity contribution is 0.272. The van der Waals surface area contributed by atoms with E-state index in [9.17, 15) is 4.21 Å². The lowest BCUT2D eigenvalue weighted by Gasteiger charge is -2.34. The normalized spacial score (nSPS) is 17.6.